The van der Waals surface area contributed by atoms with Crippen LogP contribution < -0.4 is 5.32 Å². The van der Waals surface area contributed by atoms with Gasteiger partial charge in [0.25, 0.3) is 5.91 Å². The summed E-state index contributed by atoms with van der Waals surface area (Å²) < 4.78 is 9.92. The molecule has 5 nitrogen and oxygen atoms in total. The number of carbonyl (C=O) groups is 2. The van der Waals surface area contributed by atoms with E-state index in [1.54, 1.807) is 6.07 Å². The van der Waals surface area contributed by atoms with E-state index in [0.29, 0.717) is 4.67 Å². The molecule has 0 aliphatic carbocycles. The summed E-state index contributed by atoms with van der Waals surface area (Å²) >= 11 is 3.08. The van der Waals surface area contributed by atoms with E-state index in [1.807, 2.05) is 0 Å². The third kappa shape index (κ3) is 3.75. The number of esters is 1. The van der Waals surface area contributed by atoms with Gasteiger partial charge in [-0.1, -0.05) is 0 Å². The van der Waals surface area contributed by atoms with Gasteiger partial charge in [0.2, 0.25) is 0 Å². The summed E-state index contributed by atoms with van der Waals surface area (Å²) in [6, 6.07) is 3.16. The first-order chi connectivity index (χ1) is 7.13. The molecule has 0 saturated carbocycles. The number of nitrogens with one attached hydrogen (secondary N) is 1. The lowest BCUT2D eigenvalue weighted by molar-refractivity contribution is -0.140. The molecule has 1 N–H and O–H groups in total. The molecule has 0 bridgehead atoms. The molecule has 0 aromatic carbocycles. The van der Waals surface area contributed by atoms with Crippen LogP contribution in [0, 0.1) is 0 Å². The number of furan rings is 1. The molecule has 82 valence electrons. The van der Waals surface area contributed by atoms with Crippen LogP contribution in [0.25, 0.3) is 0 Å². The van der Waals surface area contributed by atoms with Crippen molar-refractivity contribution in [2.75, 3.05) is 13.7 Å². The number of rotatable bonds is 4. The molecule has 0 spiro atoms. The van der Waals surface area contributed by atoms with Crippen LogP contribution in [0.3, 0.4) is 0 Å². The van der Waals surface area contributed by atoms with Crippen LogP contribution in [-0.2, 0) is 9.53 Å². The monoisotopic (exact) mass is 275 g/mol. The van der Waals surface area contributed by atoms with Crippen molar-refractivity contribution < 1.29 is 18.7 Å². The predicted molar refractivity (Wildman–Crippen MR) is 55.4 cm³/mol. The van der Waals surface area contributed by atoms with Gasteiger partial charge in [0.1, 0.15) is 0 Å². The van der Waals surface area contributed by atoms with E-state index >= 15 is 0 Å². The molecule has 0 unspecified atom stereocenters. The summed E-state index contributed by atoms with van der Waals surface area (Å²) in [6.07, 6.45) is 0.143. The standard InChI is InChI=1S/C9H10BrNO4/c1-14-8(12)4-5-11-9(13)6-2-3-7(10)15-6/h2-3H,4-5H2,1H3,(H,11,13). The maximum Gasteiger partial charge on any atom is 0.307 e. The van der Waals surface area contributed by atoms with E-state index in [4.69, 9.17) is 4.42 Å². The van der Waals surface area contributed by atoms with E-state index in [2.05, 4.69) is 26.0 Å². The van der Waals surface area contributed by atoms with Crippen molar-refractivity contribution in [1.29, 1.82) is 0 Å². The minimum Gasteiger partial charge on any atom is -0.469 e. The molecule has 15 heavy (non-hydrogen) atoms. The van der Waals surface area contributed by atoms with Gasteiger partial charge in [-0.15, -0.1) is 0 Å². The quantitative estimate of drug-likeness (QED) is 0.842. The van der Waals surface area contributed by atoms with Crippen LogP contribution in [0.1, 0.15) is 17.0 Å². The second kappa shape index (κ2) is 5.55. The Bertz CT molecular complexity index is 361. The van der Waals surface area contributed by atoms with Crippen molar-refractivity contribution in [1.82, 2.24) is 5.32 Å². The molecule has 1 amide bonds. The van der Waals surface area contributed by atoms with Crippen molar-refractivity contribution in [2.45, 2.75) is 6.42 Å². The average Bonchev–Trinajstić information content (AvgIpc) is 2.64. The lowest BCUT2D eigenvalue weighted by Gasteiger charge is -2.01. The first-order valence-electron chi connectivity index (χ1n) is 4.24. The minimum atomic E-state index is -0.365. The smallest absolute Gasteiger partial charge is 0.307 e. The van der Waals surface area contributed by atoms with Gasteiger partial charge in [-0.3, -0.25) is 9.59 Å². The molecule has 0 aliphatic heterocycles. The van der Waals surface area contributed by atoms with Gasteiger partial charge in [-0.05, 0) is 28.1 Å². The first kappa shape index (κ1) is 11.8. The Labute approximate surface area is 94.9 Å². The van der Waals surface area contributed by atoms with E-state index in [-0.39, 0.29) is 30.6 Å². The maximum atomic E-state index is 11.4. The van der Waals surface area contributed by atoms with Gasteiger partial charge in [-0.2, -0.15) is 0 Å². The molecule has 6 heteroatoms. The zero-order chi connectivity index (χ0) is 11.3. The number of hydrogen-bond donors (Lipinski definition) is 1. The van der Waals surface area contributed by atoms with Crippen molar-refractivity contribution >= 4 is 27.8 Å². The molecule has 0 aliphatic rings. The van der Waals surface area contributed by atoms with Crippen LogP contribution in [0.15, 0.2) is 21.2 Å². The lowest BCUT2D eigenvalue weighted by atomic mass is 10.4. The number of halogens is 1. The Balaban J connectivity index is 2.34. The van der Waals surface area contributed by atoms with Crippen molar-refractivity contribution in [3.05, 3.63) is 22.6 Å². The number of carbonyl (C=O) groups excluding carboxylic acids is 2. The van der Waals surface area contributed by atoms with Crippen LogP contribution in [0.2, 0.25) is 0 Å². The summed E-state index contributed by atoms with van der Waals surface area (Å²) in [5, 5.41) is 2.52. The highest BCUT2D eigenvalue weighted by Gasteiger charge is 2.10. The molecule has 1 rings (SSSR count). The Kier molecular flexibility index (Phi) is 4.36. The van der Waals surface area contributed by atoms with Gasteiger partial charge in [0.05, 0.1) is 13.5 Å². The minimum absolute atomic E-state index is 0.143. The normalized spacial score (nSPS) is 9.73. The SMILES string of the molecule is COC(=O)CCNC(=O)c1ccc(Br)o1. The first-order valence-corrected chi connectivity index (χ1v) is 5.03. The summed E-state index contributed by atoms with van der Waals surface area (Å²) in [7, 11) is 1.30. The average molecular weight is 276 g/mol. The van der Waals surface area contributed by atoms with Crippen LogP contribution in [-0.4, -0.2) is 25.5 Å². The third-order valence-corrected chi connectivity index (χ3v) is 2.07. The van der Waals surface area contributed by atoms with Crippen LogP contribution in [0.5, 0.6) is 0 Å². The number of ether oxygens (including phenoxy) is 1. The lowest BCUT2D eigenvalue weighted by Crippen LogP contribution is -2.25. The molecule has 1 heterocycles. The molecule has 0 fully saturated rings. The van der Waals surface area contributed by atoms with Crippen molar-refractivity contribution in [2.24, 2.45) is 0 Å². The highest BCUT2D eigenvalue weighted by molar-refractivity contribution is 9.10. The maximum absolute atomic E-state index is 11.4. The molecule has 0 radical (unpaired) electrons. The summed E-state index contributed by atoms with van der Waals surface area (Å²) in [4.78, 5) is 22.1. The van der Waals surface area contributed by atoms with E-state index in [0.717, 1.165) is 0 Å². The van der Waals surface area contributed by atoms with Gasteiger partial charge in [0.15, 0.2) is 10.4 Å². The van der Waals surface area contributed by atoms with E-state index in [9.17, 15) is 9.59 Å². The molecule has 1 aromatic rings. The third-order valence-electron chi connectivity index (χ3n) is 1.64. The van der Waals surface area contributed by atoms with Crippen molar-refractivity contribution in [3.63, 3.8) is 0 Å². The number of amides is 1. The largest absolute Gasteiger partial charge is 0.469 e. The van der Waals surface area contributed by atoms with Crippen LogP contribution in [0.4, 0.5) is 0 Å². The predicted octanol–water partition coefficient (Wildman–Crippen LogP) is 1.33. The van der Waals surface area contributed by atoms with Crippen molar-refractivity contribution in [3.8, 4) is 0 Å². The van der Waals surface area contributed by atoms with Gasteiger partial charge in [-0.25, -0.2) is 0 Å². The summed E-state index contributed by atoms with van der Waals surface area (Å²) in [5.74, 6) is -0.521. The van der Waals surface area contributed by atoms with Gasteiger partial charge in [0, 0.05) is 6.54 Å². The zero-order valence-electron chi connectivity index (χ0n) is 8.08. The number of methoxy groups -OCH3 is 1. The molecular formula is C9H10BrNO4. The molecule has 0 saturated heterocycles. The second-order valence-electron chi connectivity index (χ2n) is 2.69. The summed E-state index contributed by atoms with van der Waals surface area (Å²) in [6.45, 7) is 0.226. The van der Waals surface area contributed by atoms with E-state index in [1.165, 1.54) is 13.2 Å². The molecule has 0 atom stereocenters. The Morgan fingerprint density at radius 2 is 2.27 bits per heavy atom. The molecule has 1 aromatic heterocycles. The summed E-state index contributed by atoms with van der Waals surface area (Å²) in [5.41, 5.74) is 0. The highest BCUT2D eigenvalue weighted by atomic mass is 79.9. The number of hydrogen-bond acceptors (Lipinski definition) is 4. The Hall–Kier alpha value is -1.30. The van der Waals surface area contributed by atoms with Crippen LogP contribution >= 0.6 is 15.9 Å². The Morgan fingerprint density at radius 3 is 2.80 bits per heavy atom. The highest BCUT2D eigenvalue weighted by Crippen LogP contribution is 2.13. The fourth-order valence-corrected chi connectivity index (χ4v) is 1.21. The van der Waals surface area contributed by atoms with Gasteiger partial charge >= 0.3 is 5.97 Å². The topological polar surface area (TPSA) is 68.5 Å². The second-order valence-corrected chi connectivity index (χ2v) is 3.47. The van der Waals surface area contributed by atoms with Gasteiger partial charge < -0.3 is 14.5 Å². The fourth-order valence-electron chi connectivity index (χ4n) is 0.904. The Morgan fingerprint density at radius 1 is 1.53 bits per heavy atom. The zero-order valence-corrected chi connectivity index (χ0v) is 9.67. The van der Waals surface area contributed by atoms with E-state index < -0.39 is 0 Å². The fraction of sp³-hybridized carbons (Fsp3) is 0.333. The molecular weight excluding hydrogens is 266 g/mol.